The van der Waals surface area contributed by atoms with Crippen molar-refractivity contribution in [3.63, 3.8) is 0 Å². The number of benzene rings is 2. The van der Waals surface area contributed by atoms with Gasteiger partial charge in [0.1, 0.15) is 11.6 Å². The summed E-state index contributed by atoms with van der Waals surface area (Å²) in [5, 5.41) is 2.90. The minimum Gasteiger partial charge on any atom is -0.352 e. The van der Waals surface area contributed by atoms with Gasteiger partial charge in [-0.2, -0.15) is 0 Å². The van der Waals surface area contributed by atoms with Crippen molar-refractivity contribution >= 4 is 17.5 Å². The van der Waals surface area contributed by atoms with Gasteiger partial charge in [0.2, 0.25) is 0 Å². The van der Waals surface area contributed by atoms with E-state index >= 15 is 0 Å². The van der Waals surface area contributed by atoms with Crippen LogP contribution in [-0.4, -0.2) is 12.5 Å². The molecule has 21 heavy (non-hydrogen) atoms. The summed E-state index contributed by atoms with van der Waals surface area (Å²) in [4.78, 5) is 11.8. The number of rotatable bonds is 5. The number of nitrogens with one attached hydrogen (secondary N) is 1. The van der Waals surface area contributed by atoms with Gasteiger partial charge in [0.05, 0.1) is 5.56 Å². The maximum Gasteiger partial charge on any atom is 0.254 e. The second kappa shape index (κ2) is 7.18. The molecule has 0 saturated heterocycles. The van der Waals surface area contributed by atoms with Crippen molar-refractivity contribution in [3.8, 4) is 0 Å². The zero-order valence-electron chi connectivity index (χ0n) is 11.2. The fourth-order valence-electron chi connectivity index (χ4n) is 1.91. The van der Waals surface area contributed by atoms with Gasteiger partial charge < -0.3 is 5.32 Å². The van der Waals surface area contributed by atoms with Crippen LogP contribution in [0.2, 0.25) is 5.02 Å². The smallest absolute Gasteiger partial charge is 0.254 e. The molecule has 0 heterocycles. The van der Waals surface area contributed by atoms with E-state index in [1.165, 1.54) is 24.3 Å². The molecule has 0 bridgehead atoms. The SMILES string of the molecule is O=C(NCCCc1ccc(F)cc1)c1ccc(Cl)cc1F. The number of halogens is 3. The number of hydrogen-bond acceptors (Lipinski definition) is 1. The van der Waals surface area contributed by atoms with E-state index in [1.807, 2.05) is 0 Å². The minimum absolute atomic E-state index is 0.0267. The van der Waals surface area contributed by atoms with Gasteiger partial charge in [-0.25, -0.2) is 8.78 Å². The summed E-state index contributed by atoms with van der Waals surface area (Å²) in [5.74, 6) is -1.38. The first-order valence-corrected chi connectivity index (χ1v) is 6.92. The molecule has 2 rings (SSSR count). The molecule has 0 fully saturated rings. The molecule has 1 N–H and O–H groups in total. The number of aryl methyl sites for hydroxylation is 1. The molecular weight excluding hydrogens is 296 g/mol. The average Bonchev–Trinajstić information content (AvgIpc) is 2.45. The summed E-state index contributed by atoms with van der Waals surface area (Å²) in [6.07, 6.45) is 1.40. The van der Waals surface area contributed by atoms with Gasteiger partial charge in [0.25, 0.3) is 5.91 Å². The molecule has 5 heteroatoms. The highest BCUT2D eigenvalue weighted by Crippen LogP contribution is 2.14. The van der Waals surface area contributed by atoms with E-state index in [0.29, 0.717) is 19.4 Å². The first kappa shape index (κ1) is 15.4. The lowest BCUT2D eigenvalue weighted by molar-refractivity contribution is 0.0949. The Kier molecular flexibility index (Phi) is 5.28. The fraction of sp³-hybridized carbons (Fsp3) is 0.188. The number of hydrogen-bond donors (Lipinski definition) is 1. The van der Waals surface area contributed by atoms with E-state index in [2.05, 4.69) is 5.32 Å². The monoisotopic (exact) mass is 309 g/mol. The first-order valence-electron chi connectivity index (χ1n) is 6.54. The van der Waals surface area contributed by atoms with Crippen LogP contribution in [0.5, 0.6) is 0 Å². The standard InChI is InChI=1S/C16H14ClF2NO/c17-12-5-8-14(15(19)10-12)16(21)20-9-1-2-11-3-6-13(18)7-4-11/h3-8,10H,1-2,9H2,(H,20,21). The van der Waals surface area contributed by atoms with Crippen molar-refractivity contribution in [2.45, 2.75) is 12.8 Å². The molecule has 0 aliphatic heterocycles. The summed E-state index contributed by atoms with van der Waals surface area (Å²) in [6.45, 7) is 0.415. The van der Waals surface area contributed by atoms with Crippen LogP contribution in [-0.2, 0) is 6.42 Å². The van der Waals surface area contributed by atoms with E-state index in [0.717, 1.165) is 11.6 Å². The van der Waals surface area contributed by atoms with Crippen molar-refractivity contribution < 1.29 is 13.6 Å². The number of carbonyl (C=O) groups excluding carboxylic acids is 1. The van der Waals surface area contributed by atoms with Crippen molar-refractivity contribution in [1.82, 2.24) is 5.32 Å². The van der Waals surface area contributed by atoms with Crippen molar-refractivity contribution in [1.29, 1.82) is 0 Å². The van der Waals surface area contributed by atoms with Crippen LogP contribution >= 0.6 is 11.6 Å². The molecule has 110 valence electrons. The summed E-state index contributed by atoms with van der Waals surface area (Å²) in [7, 11) is 0. The molecule has 0 radical (unpaired) electrons. The zero-order valence-corrected chi connectivity index (χ0v) is 12.0. The van der Waals surface area contributed by atoms with Crippen molar-refractivity contribution in [3.05, 3.63) is 70.2 Å². The topological polar surface area (TPSA) is 29.1 Å². The van der Waals surface area contributed by atoms with Gasteiger partial charge >= 0.3 is 0 Å². The molecule has 0 atom stereocenters. The van der Waals surface area contributed by atoms with Crippen LogP contribution < -0.4 is 5.32 Å². The second-order valence-corrected chi connectivity index (χ2v) is 5.05. The minimum atomic E-state index is -0.640. The van der Waals surface area contributed by atoms with Gasteiger partial charge in [0, 0.05) is 11.6 Å². The van der Waals surface area contributed by atoms with Crippen LogP contribution in [0.3, 0.4) is 0 Å². The molecular formula is C16H14ClF2NO. The third-order valence-electron chi connectivity index (χ3n) is 3.02. The maximum absolute atomic E-state index is 13.5. The molecule has 0 aliphatic carbocycles. The van der Waals surface area contributed by atoms with Crippen LogP contribution in [0.1, 0.15) is 22.3 Å². The molecule has 0 unspecified atom stereocenters. The molecule has 0 spiro atoms. The highest BCUT2D eigenvalue weighted by atomic mass is 35.5. The lowest BCUT2D eigenvalue weighted by atomic mass is 10.1. The average molecular weight is 310 g/mol. The summed E-state index contributed by atoms with van der Waals surface area (Å²) in [5.41, 5.74) is 0.963. The van der Waals surface area contributed by atoms with Crippen molar-refractivity contribution in [2.75, 3.05) is 6.54 Å². The Morgan fingerprint density at radius 1 is 1.10 bits per heavy atom. The highest BCUT2D eigenvalue weighted by Gasteiger charge is 2.11. The third kappa shape index (κ3) is 4.53. The van der Waals surface area contributed by atoms with Gasteiger partial charge in [-0.05, 0) is 48.7 Å². The maximum atomic E-state index is 13.5. The lowest BCUT2D eigenvalue weighted by Crippen LogP contribution is -2.25. The third-order valence-corrected chi connectivity index (χ3v) is 3.25. The Labute approximate surface area is 126 Å². The van der Waals surface area contributed by atoms with Gasteiger partial charge in [0.15, 0.2) is 0 Å². The number of carbonyl (C=O) groups is 1. The quantitative estimate of drug-likeness (QED) is 0.832. The van der Waals surface area contributed by atoms with E-state index in [1.54, 1.807) is 12.1 Å². The van der Waals surface area contributed by atoms with E-state index in [9.17, 15) is 13.6 Å². The van der Waals surface area contributed by atoms with Crippen LogP contribution in [0.4, 0.5) is 8.78 Å². The van der Waals surface area contributed by atoms with Crippen molar-refractivity contribution in [2.24, 2.45) is 0 Å². The summed E-state index contributed by atoms with van der Waals surface area (Å²) >= 11 is 5.63. The second-order valence-electron chi connectivity index (χ2n) is 4.61. The van der Waals surface area contributed by atoms with E-state index in [4.69, 9.17) is 11.6 Å². The molecule has 2 aromatic carbocycles. The van der Waals surface area contributed by atoms with Crippen LogP contribution in [0.25, 0.3) is 0 Å². The van der Waals surface area contributed by atoms with E-state index in [-0.39, 0.29) is 16.4 Å². The van der Waals surface area contributed by atoms with Gasteiger partial charge in [-0.15, -0.1) is 0 Å². The Balaban J connectivity index is 1.80. The number of amides is 1. The predicted molar refractivity (Wildman–Crippen MR) is 78.5 cm³/mol. The van der Waals surface area contributed by atoms with Gasteiger partial charge in [-0.3, -0.25) is 4.79 Å². The normalized spacial score (nSPS) is 10.4. The molecule has 0 aliphatic rings. The molecule has 0 saturated carbocycles. The largest absolute Gasteiger partial charge is 0.352 e. The Morgan fingerprint density at radius 3 is 2.48 bits per heavy atom. The van der Waals surface area contributed by atoms with Crippen LogP contribution in [0.15, 0.2) is 42.5 Å². The lowest BCUT2D eigenvalue weighted by Gasteiger charge is -2.06. The highest BCUT2D eigenvalue weighted by molar-refractivity contribution is 6.30. The zero-order chi connectivity index (χ0) is 15.2. The predicted octanol–water partition coefficient (Wildman–Crippen LogP) is 3.98. The fourth-order valence-corrected chi connectivity index (χ4v) is 2.07. The Bertz CT molecular complexity index is 629. The first-order chi connectivity index (χ1) is 10.1. The Hall–Kier alpha value is -1.94. The van der Waals surface area contributed by atoms with E-state index < -0.39 is 11.7 Å². The molecule has 1 amide bonds. The summed E-state index contributed by atoms with van der Waals surface area (Å²) in [6, 6.07) is 10.1. The van der Waals surface area contributed by atoms with Crippen LogP contribution in [0, 0.1) is 11.6 Å². The van der Waals surface area contributed by atoms with Gasteiger partial charge in [-0.1, -0.05) is 23.7 Å². The summed E-state index contributed by atoms with van der Waals surface area (Å²) < 4.78 is 26.3. The molecule has 2 nitrogen and oxygen atoms in total. The Morgan fingerprint density at radius 2 is 1.81 bits per heavy atom. The molecule has 0 aromatic heterocycles. The molecule has 2 aromatic rings.